The number of esters is 1. The number of benzene rings is 2. The number of carboxylic acids is 1. The molecule has 0 bridgehead atoms. The lowest BCUT2D eigenvalue weighted by Gasteiger charge is -2.03. The zero-order valence-corrected chi connectivity index (χ0v) is 17.0. The van der Waals surface area contributed by atoms with Crippen LogP contribution in [0.3, 0.4) is 0 Å². The highest BCUT2D eigenvalue weighted by atomic mass is 79.9. The number of cyclic esters (lactones) is 1. The third-order valence-electron chi connectivity index (χ3n) is 4.24. The molecule has 30 heavy (non-hydrogen) atoms. The molecule has 4 rings (SSSR count). The molecule has 0 saturated carbocycles. The van der Waals surface area contributed by atoms with E-state index < -0.39 is 11.9 Å². The quantitative estimate of drug-likeness (QED) is 0.403. The molecule has 1 N–H and O–H groups in total. The molecule has 0 amide bonds. The molecule has 6 nitrogen and oxygen atoms in total. The predicted octanol–water partition coefficient (Wildman–Crippen LogP) is 5.42. The lowest BCUT2D eigenvalue weighted by Crippen LogP contribution is -2.01. The second-order valence-corrected chi connectivity index (χ2v) is 7.23. The molecule has 148 valence electrons. The highest BCUT2D eigenvalue weighted by Crippen LogP contribution is 2.29. The summed E-state index contributed by atoms with van der Waals surface area (Å²) in [4.78, 5) is 27.8. The molecule has 0 atom stereocenters. The number of ether oxygens (including phenoxy) is 1. The van der Waals surface area contributed by atoms with Crippen molar-refractivity contribution in [2.24, 2.45) is 4.99 Å². The van der Waals surface area contributed by atoms with Gasteiger partial charge in [-0.05, 0) is 42.0 Å². The summed E-state index contributed by atoms with van der Waals surface area (Å²) in [6.45, 7) is 0. The Balaban J connectivity index is 1.58. The second kappa shape index (κ2) is 8.34. The van der Waals surface area contributed by atoms with Crippen LogP contribution in [0.4, 0.5) is 0 Å². The Morgan fingerprint density at radius 2 is 1.83 bits per heavy atom. The van der Waals surface area contributed by atoms with Crippen LogP contribution < -0.4 is 0 Å². The molecule has 2 heterocycles. The zero-order chi connectivity index (χ0) is 21.1. The Kier molecular flexibility index (Phi) is 5.45. The number of carbonyl (C=O) groups excluding carboxylic acids is 1. The summed E-state index contributed by atoms with van der Waals surface area (Å²) in [7, 11) is 0. The molecule has 0 fully saturated rings. The zero-order valence-electron chi connectivity index (χ0n) is 15.4. The molecule has 0 spiro atoms. The van der Waals surface area contributed by atoms with Gasteiger partial charge in [0.15, 0.2) is 5.70 Å². The minimum Gasteiger partial charge on any atom is -0.478 e. The third-order valence-corrected chi connectivity index (χ3v) is 4.73. The van der Waals surface area contributed by atoms with Gasteiger partial charge in [-0.15, -0.1) is 0 Å². The largest absolute Gasteiger partial charge is 0.478 e. The molecule has 1 aliphatic heterocycles. The average molecular weight is 464 g/mol. The SMILES string of the molecule is O=C1OC(/C=C/c2ccccc2)=NC/1=C\c1ccc(-c2ccc(Br)cc2C(=O)O)o1. The van der Waals surface area contributed by atoms with E-state index in [0.717, 1.165) is 5.56 Å². The van der Waals surface area contributed by atoms with Crippen molar-refractivity contribution >= 4 is 45.9 Å². The van der Waals surface area contributed by atoms with E-state index in [0.29, 0.717) is 21.6 Å². The highest BCUT2D eigenvalue weighted by molar-refractivity contribution is 9.10. The van der Waals surface area contributed by atoms with Crippen molar-refractivity contribution in [2.45, 2.75) is 0 Å². The van der Waals surface area contributed by atoms with Gasteiger partial charge in [-0.1, -0.05) is 46.3 Å². The maximum Gasteiger partial charge on any atom is 0.363 e. The van der Waals surface area contributed by atoms with Crippen LogP contribution in [-0.4, -0.2) is 22.9 Å². The number of aromatic carboxylic acids is 1. The van der Waals surface area contributed by atoms with Crippen molar-refractivity contribution in [1.82, 2.24) is 0 Å². The predicted molar refractivity (Wildman–Crippen MR) is 116 cm³/mol. The number of aliphatic imine (C=N–C) groups is 1. The van der Waals surface area contributed by atoms with E-state index >= 15 is 0 Å². The van der Waals surface area contributed by atoms with Crippen LogP contribution >= 0.6 is 15.9 Å². The van der Waals surface area contributed by atoms with Gasteiger partial charge in [-0.3, -0.25) is 0 Å². The number of rotatable bonds is 5. The van der Waals surface area contributed by atoms with Gasteiger partial charge in [0.2, 0.25) is 5.90 Å². The standard InChI is InChI=1S/C23H14BrNO5/c24-15-7-9-17(18(12-15)22(26)27)20-10-8-16(29-20)13-19-23(28)30-21(25-19)11-6-14-4-2-1-3-5-14/h1-13H,(H,26,27)/b11-6+,19-13-. The summed E-state index contributed by atoms with van der Waals surface area (Å²) in [5, 5.41) is 9.42. The molecule has 1 aliphatic rings. The third kappa shape index (κ3) is 4.31. The van der Waals surface area contributed by atoms with Gasteiger partial charge in [0.25, 0.3) is 0 Å². The van der Waals surface area contributed by atoms with E-state index in [1.54, 1.807) is 36.4 Å². The van der Waals surface area contributed by atoms with E-state index in [1.165, 1.54) is 12.1 Å². The summed E-state index contributed by atoms with van der Waals surface area (Å²) in [5.41, 5.74) is 1.58. The number of hydrogen-bond acceptors (Lipinski definition) is 5. The van der Waals surface area contributed by atoms with Gasteiger partial charge in [-0.2, -0.15) is 0 Å². The fourth-order valence-electron chi connectivity index (χ4n) is 2.85. The first-order valence-corrected chi connectivity index (χ1v) is 9.67. The minimum absolute atomic E-state index is 0.0953. The summed E-state index contributed by atoms with van der Waals surface area (Å²) >= 11 is 3.27. The van der Waals surface area contributed by atoms with Crippen LogP contribution in [0, 0.1) is 0 Å². The lowest BCUT2D eigenvalue weighted by molar-refractivity contribution is -0.129. The summed E-state index contributed by atoms with van der Waals surface area (Å²) in [6, 6.07) is 17.7. The van der Waals surface area contributed by atoms with Crippen molar-refractivity contribution in [3.63, 3.8) is 0 Å². The van der Waals surface area contributed by atoms with Crippen LogP contribution in [0.5, 0.6) is 0 Å². The van der Waals surface area contributed by atoms with Crippen LogP contribution in [0.25, 0.3) is 23.5 Å². The molecule has 1 aromatic heterocycles. The summed E-state index contributed by atoms with van der Waals surface area (Å²) in [5.74, 6) is -0.751. The Labute approximate surface area is 180 Å². The minimum atomic E-state index is -1.07. The number of nitrogens with zero attached hydrogens (tertiary/aromatic N) is 1. The van der Waals surface area contributed by atoms with Crippen molar-refractivity contribution in [2.75, 3.05) is 0 Å². The molecule has 0 unspecified atom stereocenters. The van der Waals surface area contributed by atoms with Gasteiger partial charge in [-0.25, -0.2) is 14.6 Å². The number of furan rings is 1. The number of halogens is 1. The number of carboxylic acid groups (broad SMARTS) is 1. The van der Waals surface area contributed by atoms with Gasteiger partial charge in [0, 0.05) is 22.2 Å². The van der Waals surface area contributed by atoms with Crippen LogP contribution in [0.1, 0.15) is 21.7 Å². The van der Waals surface area contributed by atoms with E-state index in [9.17, 15) is 14.7 Å². The van der Waals surface area contributed by atoms with E-state index in [1.807, 2.05) is 30.3 Å². The average Bonchev–Trinajstić information content (AvgIpc) is 3.34. The van der Waals surface area contributed by atoms with Gasteiger partial charge in [0.1, 0.15) is 11.5 Å². The summed E-state index contributed by atoms with van der Waals surface area (Å²) < 4.78 is 11.5. The van der Waals surface area contributed by atoms with Gasteiger partial charge < -0.3 is 14.3 Å². The Morgan fingerprint density at radius 3 is 2.60 bits per heavy atom. The Hall–Kier alpha value is -3.71. The smallest absolute Gasteiger partial charge is 0.363 e. The first-order chi connectivity index (χ1) is 14.5. The van der Waals surface area contributed by atoms with Crippen LogP contribution in [-0.2, 0) is 9.53 Å². The molecule has 3 aromatic rings. The van der Waals surface area contributed by atoms with Crippen molar-refractivity contribution in [1.29, 1.82) is 0 Å². The van der Waals surface area contributed by atoms with Crippen LogP contribution in [0.2, 0.25) is 0 Å². The molecule has 0 saturated heterocycles. The Morgan fingerprint density at radius 1 is 1.03 bits per heavy atom. The molecule has 7 heteroatoms. The van der Waals surface area contributed by atoms with Crippen molar-refractivity contribution in [3.05, 3.63) is 93.8 Å². The lowest BCUT2D eigenvalue weighted by atomic mass is 10.1. The maximum atomic E-state index is 12.1. The van der Waals surface area contributed by atoms with E-state index in [4.69, 9.17) is 9.15 Å². The van der Waals surface area contributed by atoms with E-state index in [2.05, 4.69) is 20.9 Å². The van der Waals surface area contributed by atoms with Gasteiger partial charge >= 0.3 is 11.9 Å². The second-order valence-electron chi connectivity index (χ2n) is 6.31. The molecule has 0 radical (unpaired) electrons. The first kappa shape index (κ1) is 19.6. The number of carbonyl (C=O) groups is 2. The molecular weight excluding hydrogens is 450 g/mol. The molecule has 0 aliphatic carbocycles. The normalized spacial score (nSPS) is 14.9. The fraction of sp³-hybridized carbons (Fsp3) is 0. The summed E-state index contributed by atoms with van der Waals surface area (Å²) in [6.07, 6.45) is 4.86. The topological polar surface area (TPSA) is 89.1 Å². The maximum absolute atomic E-state index is 12.1. The molecule has 2 aromatic carbocycles. The first-order valence-electron chi connectivity index (χ1n) is 8.88. The Bertz CT molecular complexity index is 1220. The van der Waals surface area contributed by atoms with Gasteiger partial charge in [0.05, 0.1) is 5.56 Å². The molecular formula is C23H14BrNO5. The fourth-order valence-corrected chi connectivity index (χ4v) is 3.21. The van der Waals surface area contributed by atoms with E-state index in [-0.39, 0.29) is 17.2 Å². The highest BCUT2D eigenvalue weighted by Gasteiger charge is 2.22. The van der Waals surface area contributed by atoms with Crippen LogP contribution in [0.15, 0.2) is 86.3 Å². The monoisotopic (exact) mass is 463 g/mol. The van der Waals surface area contributed by atoms with Crippen molar-refractivity contribution in [3.8, 4) is 11.3 Å². The number of hydrogen-bond donors (Lipinski definition) is 1. The van der Waals surface area contributed by atoms with Crippen molar-refractivity contribution < 1.29 is 23.8 Å².